The van der Waals surface area contributed by atoms with Gasteiger partial charge in [-0.2, -0.15) is 4.39 Å². The van der Waals surface area contributed by atoms with E-state index in [2.05, 4.69) is 30.3 Å². The number of pyridine rings is 2. The number of anilines is 2. The minimum atomic E-state index is -2.61. The lowest BCUT2D eigenvalue weighted by Crippen LogP contribution is -2.25. The second-order valence-electron chi connectivity index (χ2n) is 8.07. The second kappa shape index (κ2) is 9.82. The third kappa shape index (κ3) is 5.54. The number of aromatic nitrogens is 3. The summed E-state index contributed by atoms with van der Waals surface area (Å²) in [4.78, 5) is 23.6. The Morgan fingerprint density at radius 2 is 1.94 bits per heavy atom. The van der Waals surface area contributed by atoms with Crippen LogP contribution in [-0.2, 0) is 0 Å². The van der Waals surface area contributed by atoms with E-state index in [9.17, 15) is 26.7 Å². The highest BCUT2D eigenvalue weighted by atomic mass is 19.3. The van der Waals surface area contributed by atoms with E-state index in [-0.39, 0.29) is 35.8 Å². The fourth-order valence-corrected chi connectivity index (χ4v) is 3.74. The number of carbonyl (C=O) groups is 1. The molecule has 3 aromatic rings. The highest BCUT2D eigenvalue weighted by Crippen LogP contribution is 2.40. The fourth-order valence-electron chi connectivity index (χ4n) is 3.74. The van der Waals surface area contributed by atoms with E-state index in [0.29, 0.717) is 29.7 Å². The molecule has 2 unspecified atom stereocenters. The summed E-state index contributed by atoms with van der Waals surface area (Å²) in [5, 5.41) is 5.18. The average molecular weight is 483 g/mol. The first kappa shape index (κ1) is 23.7. The van der Waals surface area contributed by atoms with Gasteiger partial charge in [0, 0.05) is 36.7 Å². The number of nitrogens with zero attached hydrogens (tertiary/aromatic N) is 2. The summed E-state index contributed by atoms with van der Waals surface area (Å²) in [5.74, 6) is -2.94. The summed E-state index contributed by atoms with van der Waals surface area (Å²) >= 11 is 0. The van der Waals surface area contributed by atoms with Crippen molar-refractivity contribution in [1.82, 2.24) is 15.0 Å². The minimum Gasteiger partial charge on any atom is -0.440 e. The van der Waals surface area contributed by atoms with Gasteiger partial charge in [0.05, 0.1) is 23.1 Å². The number of hydrogen-bond donors (Lipinski definition) is 3. The number of H-pyrrole nitrogens is 1. The molecule has 3 aromatic heterocycles. The van der Waals surface area contributed by atoms with Gasteiger partial charge in [-0.1, -0.05) is 0 Å². The maximum atomic E-state index is 13.5. The predicted octanol–water partition coefficient (Wildman–Crippen LogP) is 5.88. The maximum Gasteiger partial charge on any atom is 0.323 e. The zero-order chi connectivity index (χ0) is 24.3. The van der Waals surface area contributed by atoms with Crippen molar-refractivity contribution in [3.63, 3.8) is 0 Å². The van der Waals surface area contributed by atoms with Crippen molar-refractivity contribution < 1.29 is 31.5 Å². The summed E-state index contributed by atoms with van der Waals surface area (Å²) in [7, 11) is 0. The molecule has 1 fully saturated rings. The van der Waals surface area contributed by atoms with Crippen LogP contribution in [0.3, 0.4) is 0 Å². The van der Waals surface area contributed by atoms with E-state index in [1.54, 1.807) is 12.1 Å². The van der Waals surface area contributed by atoms with Crippen molar-refractivity contribution in [2.24, 2.45) is 0 Å². The molecule has 0 spiro atoms. The van der Waals surface area contributed by atoms with Crippen LogP contribution >= 0.6 is 0 Å². The zero-order valence-electron chi connectivity index (χ0n) is 17.8. The number of hydrogen-bond acceptors (Lipinski definition) is 4. The smallest absolute Gasteiger partial charge is 0.323 e. The lowest BCUT2D eigenvalue weighted by molar-refractivity contribution is -0.0384. The van der Waals surface area contributed by atoms with Crippen LogP contribution in [0.5, 0.6) is 5.88 Å². The van der Waals surface area contributed by atoms with Crippen LogP contribution in [0.4, 0.5) is 38.1 Å². The first-order valence-corrected chi connectivity index (χ1v) is 10.6. The third-order valence-corrected chi connectivity index (χ3v) is 5.59. The zero-order valence-corrected chi connectivity index (χ0v) is 17.8. The molecule has 3 heterocycles. The average Bonchev–Trinajstić information content (AvgIpc) is 3.21. The third-order valence-electron chi connectivity index (χ3n) is 5.59. The Morgan fingerprint density at radius 3 is 2.62 bits per heavy atom. The fraction of sp³-hybridized carbons (Fsp3) is 0.409. The number of alkyl halides is 5. The van der Waals surface area contributed by atoms with Gasteiger partial charge in [-0.25, -0.2) is 27.3 Å². The lowest BCUT2D eigenvalue weighted by Gasteiger charge is -2.27. The number of halogens is 5. The van der Waals surface area contributed by atoms with Crippen LogP contribution in [0.25, 0.3) is 11.0 Å². The first-order valence-electron chi connectivity index (χ1n) is 10.6. The summed E-state index contributed by atoms with van der Waals surface area (Å²) in [6.45, 7) is -1.53. The quantitative estimate of drug-likeness (QED) is 0.366. The Hall–Kier alpha value is -3.44. The highest BCUT2D eigenvalue weighted by molar-refractivity contribution is 6.04. The van der Waals surface area contributed by atoms with Gasteiger partial charge in [0.2, 0.25) is 11.8 Å². The molecular formula is C22H22F5N5O2. The number of aromatic amines is 1. The molecule has 12 heteroatoms. The van der Waals surface area contributed by atoms with E-state index in [4.69, 9.17) is 0 Å². The molecule has 4 rings (SSSR count). The molecule has 3 N–H and O–H groups in total. The van der Waals surface area contributed by atoms with Crippen LogP contribution in [0.15, 0.2) is 36.7 Å². The second-order valence-corrected chi connectivity index (χ2v) is 8.07. The number of rotatable bonds is 7. The molecule has 0 aliphatic heterocycles. The molecule has 7 nitrogen and oxygen atoms in total. The van der Waals surface area contributed by atoms with E-state index in [1.165, 1.54) is 24.5 Å². The van der Waals surface area contributed by atoms with Crippen LogP contribution in [0.1, 0.15) is 37.3 Å². The molecule has 1 aliphatic rings. The number of amides is 2. The number of carbonyl (C=O) groups excluding carboxylic acids is 1. The summed E-state index contributed by atoms with van der Waals surface area (Å²) in [6, 6.07) is 5.48. The van der Waals surface area contributed by atoms with Gasteiger partial charge in [0.15, 0.2) is 6.17 Å². The van der Waals surface area contributed by atoms with Crippen LogP contribution < -0.4 is 15.4 Å². The van der Waals surface area contributed by atoms with Gasteiger partial charge in [-0.3, -0.25) is 4.98 Å². The molecule has 0 bridgehead atoms. The Labute approximate surface area is 191 Å². The van der Waals surface area contributed by atoms with Crippen molar-refractivity contribution >= 4 is 28.4 Å². The Kier molecular flexibility index (Phi) is 6.85. The number of ether oxygens (including phenoxy) is 1. The molecule has 182 valence electrons. The molecule has 1 aliphatic carbocycles. The Bertz CT molecular complexity index is 1130. The number of nitrogens with one attached hydrogen (secondary N) is 3. The van der Waals surface area contributed by atoms with Crippen molar-refractivity contribution in [1.29, 1.82) is 0 Å². The first-order chi connectivity index (χ1) is 16.2. The van der Waals surface area contributed by atoms with Crippen molar-refractivity contribution in [3.05, 3.63) is 42.4 Å². The largest absolute Gasteiger partial charge is 0.440 e. The summed E-state index contributed by atoms with van der Waals surface area (Å²) < 4.78 is 70.3. The standard InChI is InChI=1S/C22H22F5N5O2/c23-9-14(24)20(25)34-18-4-3-16-19(32-18)17(11-29-16)31-21(33)30-13-1-2-15(28-10-13)12-5-7-22(26,27)8-6-12/h1-4,10-12,14,20,29H,5-9H2,(H2,30,31,33). The van der Waals surface area contributed by atoms with Crippen LogP contribution in [-0.4, -0.2) is 46.1 Å². The topological polar surface area (TPSA) is 91.9 Å². The van der Waals surface area contributed by atoms with E-state index in [1.807, 2.05) is 0 Å². The van der Waals surface area contributed by atoms with E-state index in [0.717, 1.165) is 0 Å². The Morgan fingerprint density at radius 1 is 1.18 bits per heavy atom. The molecule has 1 saturated carbocycles. The van der Waals surface area contributed by atoms with E-state index >= 15 is 0 Å². The molecule has 34 heavy (non-hydrogen) atoms. The van der Waals surface area contributed by atoms with Crippen molar-refractivity contribution in [3.8, 4) is 5.88 Å². The van der Waals surface area contributed by atoms with Crippen molar-refractivity contribution in [2.45, 2.75) is 50.1 Å². The summed E-state index contributed by atoms with van der Waals surface area (Å²) in [5.41, 5.74) is 2.04. The Balaban J connectivity index is 1.38. The molecule has 0 saturated heterocycles. The van der Waals surface area contributed by atoms with Gasteiger partial charge >= 0.3 is 6.03 Å². The number of urea groups is 1. The molecule has 2 amide bonds. The van der Waals surface area contributed by atoms with Crippen molar-refractivity contribution in [2.75, 3.05) is 17.3 Å². The summed E-state index contributed by atoms with van der Waals surface area (Å²) in [6.07, 6.45) is -1.67. The van der Waals surface area contributed by atoms with Gasteiger partial charge < -0.3 is 20.4 Å². The van der Waals surface area contributed by atoms with Gasteiger partial charge in [0.1, 0.15) is 12.2 Å². The van der Waals surface area contributed by atoms with E-state index < -0.39 is 31.2 Å². The predicted molar refractivity (Wildman–Crippen MR) is 116 cm³/mol. The van der Waals surface area contributed by atoms with Gasteiger partial charge in [-0.15, -0.1) is 0 Å². The molecule has 0 radical (unpaired) electrons. The molecule has 0 aromatic carbocycles. The van der Waals surface area contributed by atoms with Crippen LogP contribution in [0, 0.1) is 0 Å². The monoisotopic (exact) mass is 483 g/mol. The lowest BCUT2D eigenvalue weighted by atomic mass is 9.84. The normalized spacial score (nSPS) is 17.8. The minimum absolute atomic E-state index is 0.0438. The maximum absolute atomic E-state index is 13.5. The van der Waals surface area contributed by atoms with Gasteiger partial charge in [0.25, 0.3) is 6.36 Å². The molecule has 2 atom stereocenters. The van der Waals surface area contributed by atoms with Gasteiger partial charge in [-0.05, 0) is 31.0 Å². The highest BCUT2D eigenvalue weighted by Gasteiger charge is 2.35. The number of fused-ring (bicyclic) bond motifs is 1. The van der Waals surface area contributed by atoms with Crippen LogP contribution in [0.2, 0.25) is 0 Å². The SMILES string of the molecule is O=C(Nc1ccc(C2CCC(F)(F)CC2)nc1)Nc1c[nH]c2ccc(OC(F)C(F)CF)nc12. The molecular weight excluding hydrogens is 461 g/mol.